The van der Waals surface area contributed by atoms with Crippen molar-refractivity contribution in [2.45, 2.75) is 26.9 Å². The van der Waals surface area contributed by atoms with Gasteiger partial charge in [-0.2, -0.15) is 13.2 Å². The van der Waals surface area contributed by atoms with Crippen LogP contribution in [0.1, 0.15) is 25.1 Å². The van der Waals surface area contributed by atoms with Crippen molar-refractivity contribution in [3.05, 3.63) is 85.4 Å². The Labute approximate surface area is 180 Å². The summed E-state index contributed by atoms with van der Waals surface area (Å²) < 4.78 is 60.3. The maximum atomic E-state index is 14.5. The van der Waals surface area contributed by atoms with Gasteiger partial charge in [-0.05, 0) is 25.1 Å². The van der Waals surface area contributed by atoms with Gasteiger partial charge in [-0.1, -0.05) is 43.6 Å². The summed E-state index contributed by atoms with van der Waals surface area (Å²) in [6.07, 6.45) is -4.93. The molecule has 0 saturated heterocycles. The monoisotopic (exact) mass is 458 g/mol. The van der Waals surface area contributed by atoms with E-state index < -0.39 is 40.2 Å². The van der Waals surface area contributed by atoms with E-state index in [0.29, 0.717) is 10.3 Å². The van der Waals surface area contributed by atoms with Gasteiger partial charge in [-0.3, -0.25) is 9.36 Å². The first-order chi connectivity index (χ1) is 14.5. The van der Waals surface area contributed by atoms with Crippen LogP contribution in [0.2, 0.25) is 5.02 Å². The highest BCUT2D eigenvalue weighted by Crippen LogP contribution is 2.33. The standard InChI is InChI=1S/C19H13ClF4N2O3.C2H6/c1-10-16(19(22,23)24)25(2)18(28)26(17(10)27)14-9-15(12(20)8-13(14)21)29-11-6-4-3-5-7-11;1-2/h3-9H,1-2H3;1-2H3. The molecular formula is C21H19ClF4N2O3. The van der Waals surface area contributed by atoms with Crippen molar-refractivity contribution in [1.29, 1.82) is 0 Å². The normalized spacial score (nSPS) is 11.0. The molecule has 1 heterocycles. The lowest BCUT2D eigenvalue weighted by Crippen LogP contribution is -2.43. The van der Waals surface area contributed by atoms with Gasteiger partial charge in [-0.25, -0.2) is 13.8 Å². The molecule has 3 rings (SSSR count). The SMILES string of the molecule is CC.Cc1c(C(F)(F)F)n(C)c(=O)n(-c2cc(Oc3ccccc3)c(Cl)cc2F)c1=O. The molecule has 5 nitrogen and oxygen atoms in total. The largest absolute Gasteiger partial charge is 0.456 e. The lowest BCUT2D eigenvalue weighted by molar-refractivity contribution is -0.144. The molecule has 3 aromatic rings. The second-order valence-corrected chi connectivity index (χ2v) is 6.51. The average Bonchev–Trinajstić information content (AvgIpc) is 2.71. The number of halogens is 5. The molecule has 0 radical (unpaired) electrons. The number of ether oxygens (including phenoxy) is 1. The number of hydrogen-bond donors (Lipinski definition) is 0. The summed E-state index contributed by atoms with van der Waals surface area (Å²) in [7, 11) is 0.850. The maximum Gasteiger partial charge on any atom is 0.432 e. The predicted molar refractivity (Wildman–Crippen MR) is 110 cm³/mol. The highest BCUT2D eigenvalue weighted by Gasteiger charge is 2.38. The van der Waals surface area contributed by atoms with Crippen molar-refractivity contribution >= 4 is 11.6 Å². The molecule has 0 aliphatic rings. The Hall–Kier alpha value is -3.07. The van der Waals surface area contributed by atoms with E-state index in [9.17, 15) is 27.2 Å². The van der Waals surface area contributed by atoms with Gasteiger partial charge in [0.05, 0.1) is 10.7 Å². The number of para-hydroxylation sites is 1. The summed E-state index contributed by atoms with van der Waals surface area (Å²) in [5, 5.41) is -0.149. The van der Waals surface area contributed by atoms with Gasteiger partial charge in [0.2, 0.25) is 0 Å². The van der Waals surface area contributed by atoms with E-state index in [2.05, 4.69) is 0 Å². The smallest absolute Gasteiger partial charge is 0.432 e. The molecule has 0 saturated carbocycles. The molecule has 0 aliphatic carbocycles. The minimum absolute atomic E-state index is 0.0826. The van der Waals surface area contributed by atoms with Gasteiger partial charge < -0.3 is 4.74 Å². The summed E-state index contributed by atoms with van der Waals surface area (Å²) in [6.45, 7) is 4.91. The molecule has 1 aromatic heterocycles. The second-order valence-electron chi connectivity index (χ2n) is 6.10. The first-order valence-electron chi connectivity index (χ1n) is 9.14. The number of rotatable bonds is 3. The van der Waals surface area contributed by atoms with E-state index >= 15 is 0 Å². The molecular weight excluding hydrogens is 440 g/mol. The van der Waals surface area contributed by atoms with Crippen LogP contribution in [0.15, 0.2) is 52.1 Å². The van der Waals surface area contributed by atoms with Crippen molar-refractivity contribution < 1.29 is 22.3 Å². The third kappa shape index (κ3) is 4.82. The van der Waals surface area contributed by atoms with Crippen LogP contribution >= 0.6 is 11.6 Å². The fourth-order valence-corrected chi connectivity index (χ4v) is 3.04. The minimum Gasteiger partial charge on any atom is -0.456 e. The van der Waals surface area contributed by atoms with Crippen molar-refractivity contribution in [1.82, 2.24) is 9.13 Å². The van der Waals surface area contributed by atoms with Crippen molar-refractivity contribution in [2.24, 2.45) is 7.05 Å². The van der Waals surface area contributed by atoms with Gasteiger partial charge in [0, 0.05) is 18.7 Å². The zero-order valence-corrected chi connectivity index (χ0v) is 17.8. The molecule has 0 bridgehead atoms. The minimum atomic E-state index is -4.93. The second kappa shape index (κ2) is 9.38. The Balaban J connectivity index is 0.00000166. The van der Waals surface area contributed by atoms with E-state index in [0.717, 1.165) is 26.1 Å². The molecule has 0 fully saturated rings. The zero-order chi connectivity index (χ0) is 23.5. The Morgan fingerprint density at radius 2 is 1.61 bits per heavy atom. The number of benzene rings is 2. The first-order valence-corrected chi connectivity index (χ1v) is 9.52. The number of nitrogens with zero attached hydrogens (tertiary/aromatic N) is 2. The topological polar surface area (TPSA) is 53.2 Å². The van der Waals surface area contributed by atoms with E-state index in [1.807, 2.05) is 13.8 Å². The quantitative estimate of drug-likeness (QED) is 0.489. The third-order valence-corrected chi connectivity index (χ3v) is 4.47. The molecule has 0 amide bonds. The van der Waals surface area contributed by atoms with Crippen LogP contribution in [-0.2, 0) is 13.2 Å². The van der Waals surface area contributed by atoms with Crippen LogP contribution in [0.4, 0.5) is 17.6 Å². The lowest BCUT2D eigenvalue weighted by atomic mass is 10.2. The van der Waals surface area contributed by atoms with Crippen LogP contribution in [0.5, 0.6) is 11.5 Å². The van der Waals surface area contributed by atoms with E-state index in [4.69, 9.17) is 16.3 Å². The van der Waals surface area contributed by atoms with E-state index in [-0.39, 0.29) is 15.3 Å². The molecule has 0 spiro atoms. The Morgan fingerprint density at radius 1 is 1.03 bits per heavy atom. The van der Waals surface area contributed by atoms with Crippen LogP contribution in [0, 0.1) is 12.7 Å². The third-order valence-electron chi connectivity index (χ3n) is 4.17. The van der Waals surface area contributed by atoms with Crippen LogP contribution < -0.4 is 16.0 Å². The van der Waals surface area contributed by atoms with Crippen LogP contribution in [0.25, 0.3) is 5.69 Å². The molecule has 0 unspecified atom stereocenters. The van der Waals surface area contributed by atoms with Gasteiger partial charge in [0.15, 0.2) is 0 Å². The summed E-state index contributed by atoms with van der Waals surface area (Å²) in [4.78, 5) is 25.0. The van der Waals surface area contributed by atoms with Gasteiger partial charge >= 0.3 is 11.9 Å². The molecule has 0 aliphatic heterocycles. The van der Waals surface area contributed by atoms with Gasteiger partial charge in [0.1, 0.15) is 23.0 Å². The van der Waals surface area contributed by atoms with Crippen molar-refractivity contribution in [3.63, 3.8) is 0 Å². The highest BCUT2D eigenvalue weighted by molar-refractivity contribution is 6.32. The zero-order valence-electron chi connectivity index (χ0n) is 17.1. The molecule has 0 N–H and O–H groups in total. The van der Waals surface area contributed by atoms with E-state index in [1.54, 1.807) is 30.3 Å². The fraction of sp³-hybridized carbons (Fsp3) is 0.238. The summed E-state index contributed by atoms with van der Waals surface area (Å²) in [5.41, 5.74) is -5.40. The summed E-state index contributed by atoms with van der Waals surface area (Å²) >= 11 is 5.98. The van der Waals surface area contributed by atoms with E-state index in [1.165, 1.54) is 0 Å². The number of hydrogen-bond acceptors (Lipinski definition) is 3. The summed E-state index contributed by atoms with van der Waals surface area (Å²) in [5.74, 6) is -0.814. The molecule has 0 atom stereocenters. The fourth-order valence-electron chi connectivity index (χ4n) is 2.85. The predicted octanol–water partition coefficient (Wildman–Crippen LogP) is 5.47. The Kier molecular flexibility index (Phi) is 7.32. The summed E-state index contributed by atoms with van der Waals surface area (Å²) in [6, 6.07) is 10.1. The Morgan fingerprint density at radius 3 is 2.16 bits per heavy atom. The van der Waals surface area contributed by atoms with Crippen LogP contribution in [0.3, 0.4) is 0 Å². The molecule has 166 valence electrons. The first kappa shape index (κ1) is 24.2. The maximum absolute atomic E-state index is 14.5. The average molecular weight is 459 g/mol. The van der Waals surface area contributed by atoms with Crippen molar-refractivity contribution in [2.75, 3.05) is 0 Å². The Bertz CT molecular complexity index is 1170. The molecule has 10 heteroatoms. The lowest BCUT2D eigenvalue weighted by Gasteiger charge is -2.18. The van der Waals surface area contributed by atoms with Gasteiger partial charge in [0.25, 0.3) is 5.56 Å². The molecule has 2 aromatic carbocycles. The van der Waals surface area contributed by atoms with Gasteiger partial charge in [-0.15, -0.1) is 0 Å². The number of alkyl halides is 3. The number of aromatic nitrogens is 2. The van der Waals surface area contributed by atoms with Crippen LogP contribution in [-0.4, -0.2) is 9.13 Å². The molecule has 31 heavy (non-hydrogen) atoms. The highest BCUT2D eigenvalue weighted by atomic mass is 35.5. The van der Waals surface area contributed by atoms with Crippen molar-refractivity contribution in [3.8, 4) is 17.2 Å².